The molecule has 0 aliphatic heterocycles. The molecule has 1 atom stereocenters. The van der Waals surface area contributed by atoms with Crippen molar-refractivity contribution in [2.45, 2.75) is 19.4 Å². The second-order valence-electron chi connectivity index (χ2n) is 3.58. The summed E-state index contributed by atoms with van der Waals surface area (Å²) in [6.45, 7) is 1.78. The average Bonchev–Trinajstić information content (AvgIpc) is 2.34. The molecule has 0 radical (unpaired) electrons. The molecule has 1 unspecified atom stereocenters. The van der Waals surface area contributed by atoms with E-state index in [1.807, 2.05) is 0 Å². The van der Waals surface area contributed by atoms with Crippen LogP contribution in [0.5, 0.6) is 0 Å². The SMILES string of the molecule is CCC(NC(=O)c1ccc(F)cc1Br)/C(N)=N/O. The van der Waals surface area contributed by atoms with Crippen LogP contribution in [0.3, 0.4) is 0 Å². The first-order valence-electron chi connectivity index (χ1n) is 5.23. The summed E-state index contributed by atoms with van der Waals surface area (Å²) < 4.78 is 13.2. The van der Waals surface area contributed by atoms with Crippen LogP contribution in [0.1, 0.15) is 23.7 Å². The van der Waals surface area contributed by atoms with E-state index in [0.717, 1.165) is 0 Å². The summed E-state index contributed by atoms with van der Waals surface area (Å²) in [4.78, 5) is 11.9. The average molecular weight is 318 g/mol. The lowest BCUT2D eigenvalue weighted by atomic mass is 10.1. The molecular weight excluding hydrogens is 305 g/mol. The van der Waals surface area contributed by atoms with Gasteiger partial charge in [0, 0.05) is 4.47 Å². The van der Waals surface area contributed by atoms with Crippen molar-refractivity contribution < 1.29 is 14.4 Å². The second-order valence-corrected chi connectivity index (χ2v) is 4.44. The summed E-state index contributed by atoms with van der Waals surface area (Å²) in [6, 6.07) is 3.16. The van der Waals surface area contributed by atoms with Crippen molar-refractivity contribution in [2.24, 2.45) is 10.9 Å². The van der Waals surface area contributed by atoms with Crippen molar-refractivity contribution in [1.29, 1.82) is 0 Å². The van der Waals surface area contributed by atoms with Gasteiger partial charge in [-0.25, -0.2) is 4.39 Å². The quantitative estimate of drug-likeness (QED) is 0.343. The molecule has 0 aliphatic carbocycles. The predicted octanol–water partition coefficient (Wildman–Crippen LogP) is 1.84. The number of oxime groups is 1. The van der Waals surface area contributed by atoms with Gasteiger partial charge in [-0.2, -0.15) is 0 Å². The number of carbonyl (C=O) groups excluding carboxylic acids is 1. The van der Waals surface area contributed by atoms with E-state index < -0.39 is 17.8 Å². The van der Waals surface area contributed by atoms with Crippen LogP contribution in [0.2, 0.25) is 0 Å². The molecule has 18 heavy (non-hydrogen) atoms. The number of rotatable bonds is 4. The lowest BCUT2D eigenvalue weighted by Crippen LogP contribution is -2.44. The molecule has 0 aliphatic rings. The summed E-state index contributed by atoms with van der Waals surface area (Å²) >= 11 is 3.10. The summed E-state index contributed by atoms with van der Waals surface area (Å²) in [5.41, 5.74) is 5.71. The van der Waals surface area contributed by atoms with Gasteiger partial charge < -0.3 is 16.3 Å². The third kappa shape index (κ3) is 3.43. The highest BCUT2D eigenvalue weighted by atomic mass is 79.9. The Labute approximate surface area is 112 Å². The summed E-state index contributed by atoms with van der Waals surface area (Å²) in [6.07, 6.45) is 0.473. The Morgan fingerprint density at radius 3 is 2.83 bits per heavy atom. The lowest BCUT2D eigenvalue weighted by molar-refractivity contribution is 0.0945. The third-order valence-electron chi connectivity index (χ3n) is 2.36. The first-order chi connectivity index (χ1) is 8.49. The zero-order valence-electron chi connectivity index (χ0n) is 9.65. The number of halogens is 2. The van der Waals surface area contributed by atoms with Gasteiger partial charge in [-0.3, -0.25) is 4.79 Å². The van der Waals surface area contributed by atoms with Crippen LogP contribution in [-0.4, -0.2) is 23.0 Å². The lowest BCUT2D eigenvalue weighted by Gasteiger charge is -2.15. The van der Waals surface area contributed by atoms with Crippen LogP contribution in [0.15, 0.2) is 27.8 Å². The molecule has 1 aromatic carbocycles. The molecule has 0 bridgehead atoms. The number of nitrogens with two attached hydrogens (primary N) is 1. The molecule has 1 amide bonds. The Morgan fingerprint density at radius 2 is 2.33 bits per heavy atom. The van der Waals surface area contributed by atoms with Gasteiger partial charge in [0.15, 0.2) is 5.84 Å². The van der Waals surface area contributed by atoms with Gasteiger partial charge in [-0.1, -0.05) is 12.1 Å². The van der Waals surface area contributed by atoms with Gasteiger partial charge in [0.1, 0.15) is 5.82 Å². The Bertz CT molecular complexity index is 479. The van der Waals surface area contributed by atoms with Crippen LogP contribution in [-0.2, 0) is 0 Å². The van der Waals surface area contributed by atoms with Crippen LogP contribution in [0, 0.1) is 5.82 Å². The Balaban J connectivity index is 2.88. The maximum atomic E-state index is 12.9. The Morgan fingerprint density at radius 1 is 1.67 bits per heavy atom. The van der Waals surface area contributed by atoms with Gasteiger partial charge in [-0.15, -0.1) is 0 Å². The topological polar surface area (TPSA) is 87.7 Å². The second kappa shape index (κ2) is 6.34. The minimum Gasteiger partial charge on any atom is -0.409 e. The van der Waals surface area contributed by atoms with Crippen molar-refractivity contribution in [3.8, 4) is 0 Å². The fourth-order valence-electron chi connectivity index (χ4n) is 1.36. The smallest absolute Gasteiger partial charge is 0.253 e. The van der Waals surface area contributed by atoms with Gasteiger partial charge in [0.25, 0.3) is 5.91 Å². The van der Waals surface area contributed by atoms with Crippen molar-refractivity contribution in [2.75, 3.05) is 0 Å². The van der Waals surface area contributed by atoms with Gasteiger partial charge in [-0.05, 0) is 40.5 Å². The van der Waals surface area contributed by atoms with E-state index in [1.54, 1.807) is 6.92 Å². The van der Waals surface area contributed by atoms with E-state index >= 15 is 0 Å². The number of carbonyl (C=O) groups is 1. The molecule has 1 rings (SSSR count). The molecule has 7 heteroatoms. The number of benzene rings is 1. The van der Waals surface area contributed by atoms with Crippen LogP contribution < -0.4 is 11.1 Å². The normalized spacial score (nSPS) is 13.2. The van der Waals surface area contributed by atoms with E-state index in [4.69, 9.17) is 10.9 Å². The monoisotopic (exact) mass is 317 g/mol. The zero-order valence-corrected chi connectivity index (χ0v) is 11.2. The van der Waals surface area contributed by atoms with Gasteiger partial charge in [0.05, 0.1) is 11.6 Å². The van der Waals surface area contributed by atoms with E-state index in [0.29, 0.717) is 10.9 Å². The molecule has 0 saturated heterocycles. The zero-order chi connectivity index (χ0) is 13.7. The number of hydrogen-bond donors (Lipinski definition) is 3. The molecule has 5 nitrogen and oxygen atoms in total. The van der Waals surface area contributed by atoms with Gasteiger partial charge in [0.2, 0.25) is 0 Å². The van der Waals surface area contributed by atoms with Crippen LogP contribution in [0.4, 0.5) is 4.39 Å². The number of nitrogens with one attached hydrogen (secondary N) is 1. The first kappa shape index (κ1) is 14.4. The minimum atomic E-state index is -0.570. The van der Waals surface area contributed by atoms with Crippen molar-refractivity contribution in [1.82, 2.24) is 5.32 Å². The van der Waals surface area contributed by atoms with Crippen molar-refractivity contribution >= 4 is 27.7 Å². The molecule has 1 aromatic rings. The maximum absolute atomic E-state index is 12.9. The highest BCUT2D eigenvalue weighted by molar-refractivity contribution is 9.10. The number of hydrogen-bond acceptors (Lipinski definition) is 3. The van der Waals surface area contributed by atoms with Crippen molar-refractivity contribution in [3.05, 3.63) is 34.1 Å². The number of amides is 1. The largest absolute Gasteiger partial charge is 0.409 e. The van der Waals surface area contributed by atoms with Gasteiger partial charge >= 0.3 is 0 Å². The molecule has 0 saturated carbocycles. The van der Waals surface area contributed by atoms with E-state index in [-0.39, 0.29) is 11.4 Å². The maximum Gasteiger partial charge on any atom is 0.253 e. The number of nitrogens with zero attached hydrogens (tertiary/aromatic N) is 1. The standard InChI is InChI=1S/C11H13BrFN3O2/c1-2-9(10(14)16-18)15-11(17)7-4-3-6(13)5-8(7)12/h3-5,9,18H,2H2,1H3,(H2,14,16)(H,15,17). The molecular formula is C11H13BrFN3O2. The minimum absolute atomic E-state index is 0.0796. The fraction of sp³-hybridized carbons (Fsp3) is 0.273. The van der Waals surface area contributed by atoms with Crippen LogP contribution >= 0.6 is 15.9 Å². The molecule has 0 spiro atoms. The first-order valence-corrected chi connectivity index (χ1v) is 6.02. The predicted molar refractivity (Wildman–Crippen MR) is 69.1 cm³/mol. The number of amidine groups is 1. The summed E-state index contributed by atoms with van der Waals surface area (Å²) in [5, 5.41) is 14.0. The highest BCUT2D eigenvalue weighted by Gasteiger charge is 2.17. The van der Waals surface area contributed by atoms with E-state index in [9.17, 15) is 9.18 Å². The highest BCUT2D eigenvalue weighted by Crippen LogP contribution is 2.18. The Kier molecular flexibility index (Phi) is 5.08. The third-order valence-corrected chi connectivity index (χ3v) is 3.02. The fourth-order valence-corrected chi connectivity index (χ4v) is 1.90. The summed E-state index contributed by atoms with van der Waals surface area (Å²) in [5.74, 6) is -0.952. The van der Waals surface area contributed by atoms with Crippen LogP contribution in [0.25, 0.3) is 0 Å². The Hall–Kier alpha value is -1.63. The molecule has 0 fully saturated rings. The van der Waals surface area contributed by atoms with E-state index in [2.05, 4.69) is 26.4 Å². The molecule has 0 aromatic heterocycles. The molecule has 0 heterocycles. The molecule has 98 valence electrons. The summed E-state index contributed by atoms with van der Waals surface area (Å²) in [7, 11) is 0. The molecule has 4 N–H and O–H groups in total. The van der Waals surface area contributed by atoms with Crippen molar-refractivity contribution in [3.63, 3.8) is 0 Å². The van der Waals surface area contributed by atoms with E-state index in [1.165, 1.54) is 18.2 Å².